The highest BCUT2D eigenvalue weighted by Gasteiger charge is 2.27. The van der Waals surface area contributed by atoms with E-state index in [1.54, 1.807) is 13.1 Å². The van der Waals surface area contributed by atoms with Crippen molar-refractivity contribution in [3.8, 4) is 5.88 Å². The van der Waals surface area contributed by atoms with Crippen LogP contribution in [0, 0.1) is 3.95 Å². The monoisotopic (exact) mass is 419 g/mol. The van der Waals surface area contributed by atoms with Gasteiger partial charge in [0.2, 0.25) is 11.0 Å². The van der Waals surface area contributed by atoms with Gasteiger partial charge >= 0.3 is 5.97 Å². The first-order valence-corrected chi connectivity index (χ1v) is 10.3. The maximum atomic E-state index is 12.6. The van der Waals surface area contributed by atoms with Gasteiger partial charge in [0.05, 0.1) is 12.8 Å². The third-order valence-corrected chi connectivity index (χ3v) is 5.70. The zero-order valence-electron chi connectivity index (χ0n) is 14.4. The topological polar surface area (TPSA) is 76.7 Å². The lowest BCUT2D eigenvalue weighted by atomic mass is 10.1. The third kappa shape index (κ3) is 4.68. The number of aliphatic imine (C=N–C) groups is 1. The van der Waals surface area contributed by atoms with Crippen molar-refractivity contribution in [3.05, 3.63) is 56.3 Å². The number of aromatic hydroxyl groups is 1. The molecular weight excluding hydrogens is 402 g/mol. The van der Waals surface area contributed by atoms with Crippen LogP contribution in [0.1, 0.15) is 23.4 Å². The van der Waals surface area contributed by atoms with E-state index in [0.717, 1.165) is 5.56 Å². The molecule has 9 heteroatoms. The normalized spacial score (nSPS) is 12.3. The van der Waals surface area contributed by atoms with E-state index in [1.807, 2.05) is 35.7 Å². The van der Waals surface area contributed by atoms with Crippen molar-refractivity contribution < 1.29 is 14.6 Å². The summed E-state index contributed by atoms with van der Waals surface area (Å²) >= 11 is 7.98. The standard InChI is InChI=1S/C18H17N3O3S3/c1-2-24-16(23)13(10-12-6-4-3-5-7-12)21-15(22)14(27-18(21)25)11-20-17-19-8-9-26-17/h3-9,11,13,22H,2,10H2,1H3/b20-11-. The molecule has 0 spiro atoms. The van der Waals surface area contributed by atoms with E-state index >= 15 is 0 Å². The predicted molar refractivity (Wildman–Crippen MR) is 110 cm³/mol. The molecule has 27 heavy (non-hydrogen) atoms. The molecule has 0 bridgehead atoms. The van der Waals surface area contributed by atoms with Gasteiger partial charge in [-0.1, -0.05) is 41.7 Å². The van der Waals surface area contributed by atoms with Crippen LogP contribution in [0.15, 0.2) is 46.9 Å². The minimum atomic E-state index is -0.752. The Bertz CT molecular complexity index is 978. The molecule has 0 saturated carbocycles. The van der Waals surface area contributed by atoms with Crippen molar-refractivity contribution in [1.29, 1.82) is 0 Å². The van der Waals surface area contributed by atoms with Crippen molar-refractivity contribution in [2.75, 3.05) is 6.61 Å². The summed E-state index contributed by atoms with van der Waals surface area (Å²) in [6.45, 7) is 2.00. The Balaban J connectivity index is 1.96. The maximum absolute atomic E-state index is 12.6. The molecule has 2 heterocycles. The first-order valence-electron chi connectivity index (χ1n) is 8.18. The molecule has 1 aromatic carbocycles. The highest BCUT2D eigenvalue weighted by atomic mass is 32.1. The van der Waals surface area contributed by atoms with Crippen molar-refractivity contribution in [2.24, 2.45) is 4.99 Å². The molecule has 3 rings (SSSR count). The second kappa shape index (κ2) is 9.03. The van der Waals surface area contributed by atoms with Gasteiger partial charge in [-0.3, -0.25) is 4.57 Å². The Hall–Kier alpha value is -2.36. The number of ether oxygens (including phenoxy) is 1. The van der Waals surface area contributed by atoms with Crippen molar-refractivity contribution in [2.45, 2.75) is 19.4 Å². The van der Waals surface area contributed by atoms with Crippen LogP contribution >= 0.6 is 34.9 Å². The van der Waals surface area contributed by atoms with Crippen molar-refractivity contribution in [1.82, 2.24) is 9.55 Å². The highest BCUT2D eigenvalue weighted by molar-refractivity contribution is 7.73. The molecule has 1 atom stereocenters. The molecule has 0 aliphatic carbocycles. The average Bonchev–Trinajstić information content (AvgIpc) is 3.27. The predicted octanol–water partition coefficient (Wildman–Crippen LogP) is 4.54. The van der Waals surface area contributed by atoms with Gasteiger partial charge in [0.1, 0.15) is 10.9 Å². The zero-order chi connectivity index (χ0) is 19.2. The molecule has 0 fully saturated rings. The van der Waals surface area contributed by atoms with E-state index < -0.39 is 12.0 Å². The number of carbonyl (C=O) groups excluding carboxylic acids is 1. The quantitative estimate of drug-likeness (QED) is 0.346. The number of thiazole rings is 2. The summed E-state index contributed by atoms with van der Waals surface area (Å²) in [4.78, 5) is 21.3. The van der Waals surface area contributed by atoms with Gasteiger partial charge in [0, 0.05) is 18.0 Å². The van der Waals surface area contributed by atoms with Crippen LogP contribution in [0.25, 0.3) is 0 Å². The number of hydrogen-bond acceptors (Lipinski definition) is 8. The van der Waals surface area contributed by atoms with E-state index in [9.17, 15) is 9.90 Å². The van der Waals surface area contributed by atoms with Crippen LogP contribution in [-0.4, -0.2) is 33.4 Å². The summed E-state index contributed by atoms with van der Waals surface area (Å²) in [7, 11) is 0. The molecule has 1 N–H and O–H groups in total. The van der Waals surface area contributed by atoms with E-state index in [0.29, 0.717) is 20.4 Å². The summed E-state index contributed by atoms with van der Waals surface area (Å²) < 4.78 is 7.03. The number of carbonyl (C=O) groups is 1. The number of benzene rings is 1. The number of nitrogens with zero attached hydrogens (tertiary/aromatic N) is 3. The maximum Gasteiger partial charge on any atom is 0.329 e. The SMILES string of the molecule is CCOC(=O)C(Cc1ccccc1)n1c(O)c(/C=N\c2nccs2)sc1=S. The van der Waals surface area contributed by atoms with E-state index in [4.69, 9.17) is 17.0 Å². The highest BCUT2D eigenvalue weighted by Crippen LogP contribution is 2.31. The molecule has 1 unspecified atom stereocenters. The Morgan fingerprint density at radius 2 is 2.22 bits per heavy atom. The fourth-order valence-corrected chi connectivity index (χ4v) is 4.26. The average molecular weight is 420 g/mol. The van der Waals surface area contributed by atoms with Gasteiger partial charge in [0.15, 0.2) is 3.95 Å². The van der Waals surface area contributed by atoms with Crippen LogP contribution < -0.4 is 0 Å². The third-order valence-electron chi connectivity index (χ3n) is 3.70. The lowest BCUT2D eigenvalue weighted by Crippen LogP contribution is -2.24. The first kappa shape index (κ1) is 19.4. The minimum Gasteiger partial charge on any atom is -0.493 e. The molecule has 3 aromatic rings. The zero-order valence-corrected chi connectivity index (χ0v) is 16.9. The van der Waals surface area contributed by atoms with Gasteiger partial charge in [-0.05, 0) is 24.7 Å². The summed E-state index contributed by atoms with van der Waals surface area (Å²) in [5, 5.41) is 13.1. The number of aromatic nitrogens is 2. The van der Waals surface area contributed by atoms with Crippen LogP contribution in [-0.2, 0) is 16.0 Å². The molecule has 140 valence electrons. The molecule has 0 radical (unpaired) electrons. The summed E-state index contributed by atoms with van der Waals surface area (Å²) in [6, 6.07) is 8.79. The van der Waals surface area contributed by atoms with Gasteiger partial charge in [-0.2, -0.15) is 0 Å². The Kier molecular flexibility index (Phi) is 6.49. The van der Waals surface area contributed by atoms with Gasteiger partial charge in [-0.15, -0.1) is 11.3 Å². The lowest BCUT2D eigenvalue weighted by Gasteiger charge is -2.18. The smallest absolute Gasteiger partial charge is 0.329 e. The van der Waals surface area contributed by atoms with E-state index in [-0.39, 0.29) is 12.5 Å². The molecule has 0 amide bonds. The van der Waals surface area contributed by atoms with Crippen LogP contribution in [0.4, 0.5) is 5.13 Å². The van der Waals surface area contributed by atoms with E-state index in [2.05, 4.69) is 9.98 Å². The van der Waals surface area contributed by atoms with Crippen LogP contribution in [0.5, 0.6) is 5.88 Å². The fraction of sp³-hybridized carbons (Fsp3) is 0.222. The Labute approximate surface area is 169 Å². The molecule has 6 nitrogen and oxygen atoms in total. The second-order valence-electron chi connectivity index (χ2n) is 5.46. The fourth-order valence-electron chi connectivity index (χ4n) is 2.50. The molecule has 0 saturated heterocycles. The Morgan fingerprint density at radius 3 is 2.89 bits per heavy atom. The van der Waals surface area contributed by atoms with Crippen molar-refractivity contribution in [3.63, 3.8) is 0 Å². The van der Waals surface area contributed by atoms with E-state index in [1.165, 1.54) is 33.5 Å². The number of hydrogen-bond donors (Lipinski definition) is 1. The van der Waals surface area contributed by atoms with Gasteiger partial charge in [0.25, 0.3) is 0 Å². The van der Waals surface area contributed by atoms with Gasteiger partial charge in [-0.25, -0.2) is 14.8 Å². The molecule has 0 aliphatic heterocycles. The molecule has 2 aromatic heterocycles. The largest absolute Gasteiger partial charge is 0.493 e. The second-order valence-corrected chi connectivity index (χ2v) is 8.01. The van der Waals surface area contributed by atoms with Crippen molar-refractivity contribution >= 4 is 52.2 Å². The Morgan fingerprint density at radius 1 is 1.44 bits per heavy atom. The summed E-state index contributed by atoms with van der Waals surface area (Å²) in [6.07, 6.45) is 3.53. The summed E-state index contributed by atoms with van der Waals surface area (Å²) in [5.41, 5.74) is 0.945. The summed E-state index contributed by atoms with van der Waals surface area (Å²) in [5.74, 6) is -0.534. The molecule has 0 aliphatic rings. The first-order chi connectivity index (χ1) is 13.1. The molecular formula is C18H17N3O3S3. The number of rotatable bonds is 7. The number of esters is 1. The van der Waals surface area contributed by atoms with Gasteiger partial charge < -0.3 is 9.84 Å². The lowest BCUT2D eigenvalue weighted by molar-refractivity contribution is -0.147. The minimum absolute atomic E-state index is 0.0979. The van der Waals surface area contributed by atoms with Crippen LogP contribution in [0.3, 0.4) is 0 Å². The van der Waals surface area contributed by atoms with Crippen LogP contribution in [0.2, 0.25) is 0 Å².